The number of carbonyl (C=O) groups excluding carboxylic acids is 1. The highest BCUT2D eigenvalue weighted by molar-refractivity contribution is 5.78. The van der Waals surface area contributed by atoms with Crippen molar-refractivity contribution in [2.45, 2.75) is 38.6 Å². The number of halogens is 1. The summed E-state index contributed by atoms with van der Waals surface area (Å²) in [4.78, 5) is 11.6. The Hall–Kier alpha value is -1.42. The topological polar surface area (TPSA) is 38.8 Å². The first kappa shape index (κ1) is 12.0. The largest absolute Gasteiger partial charge is 0.458 e. The smallest absolute Gasteiger partial charge is 0.338 e. The Morgan fingerprint density at radius 3 is 2.71 bits per heavy atom. The molecule has 0 radical (unpaired) electrons. The van der Waals surface area contributed by atoms with Gasteiger partial charge in [0.05, 0.1) is 0 Å². The zero-order chi connectivity index (χ0) is 12.6. The Labute approximate surface area is 99.5 Å². The zero-order valence-electron chi connectivity index (χ0n) is 10.1. The van der Waals surface area contributed by atoms with Crippen molar-refractivity contribution >= 4 is 5.97 Å². The van der Waals surface area contributed by atoms with Crippen molar-refractivity contribution in [2.75, 3.05) is 0 Å². The van der Waals surface area contributed by atoms with E-state index >= 15 is 0 Å². The molecule has 2 rings (SSSR count). The number of hydrogen-bond donors (Lipinski definition) is 0. The number of benzene rings is 1. The van der Waals surface area contributed by atoms with E-state index in [2.05, 4.69) is 0 Å². The third-order valence-electron chi connectivity index (χ3n) is 2.31. The molecule has 1 fully saturated rings. The molecule has 0 aliphatic carbocycles. The summed E-state index contributed by atoms with van der Waals surface area (Å²) in [5.74, 6) is -0.729. The number of esters is 1. The normalized spacial score (nSPS) is 23.3. The van der Waals surface area contributed by atoms with Crippen molar-refractivity contribution in [1.82, 2.24) is 0 Å². The first-order valence-corrected chi connectivity index (χ1v) is 5.50. The molecule has 4 heteroatoms. The number of ether oxygens (including phenoxy) is 2. The summed E-state index contributed by atoms with van der Waals surface area (Å²) < 4.78 is 23.4. The minimum atomic E-state index is -0.601. The number of epoxide rings is 1. The van der Waals surface area contributed by atoms with Crippen LogP contribution in [0.25, 0.3) is 0 Å². The summed E-state index contributed by atoms with van der Waals surface area (Å²) >= 11 is 0. The summed E-state index contributed by atoms with van der Waals surface area (Å²) in [6.45, 7) is 5.39. The van der Waals surface area contributed by atoms with Crippen molar-refractivity contribution in [2.24, 2.45) is 0 Å². The van der Waals surface area contributed by atoms with Crippen LogP contribution < -0.4 is 0 Å². The van der Waals surface area contributed by atoms with Gasteiger partial charge in [0, 0.05) is 0 Å². The maximum absolute atomic E-state index is 13.0. The molecule has 1 saturated heterocycles. The van der Waals surface area contributed by atoms with Crippen molar-refractivity contribution in [3.63, 3.8) is 0 Å². The van der Waals surface area contributed by atoms with Gasteiger partial charge in [0.25, 0.3) is 0 Å². The molecule has 2 atom stereocenters. The molecular weight excluding hydrogens is 223 g/mol. The predicted molar refractivity (Wildman–Crippen MR) is 59.9 cm³/mol. The second-order valence-electron chi connectivity index (χ2n) is 5.07. The lowest BCUT2D eigenvalue weighted by atomic mass is 10.1. The molecule has 0 N–H and O–H groups in total. The molecule has 3 nitrogen and oxygen atoms in total. The molecule has 0 aromatic heterocycles. The van der Waals surface area contributed by atoms with E-state index in [4.69, 9.17) is 9.47 Å². The van der Waals surface area contributed by atoms with Crippen LogP contribution >= 0.6 is 0 Å². The summed E-state index contributed by atoms with van der Waals surface area (Å²) in [6, 6.07) is 6.06. The van der Waals surface area contributed by atoms with Crippen LogP contribution in [0.2, 0.25) is 0 Å². The molecule has 1 aliphatic rings. The number of carbonyl (C=O) groups is 1. The minimum Gasteiger partial charge on any atom is -0.458 e. The van der Waals surface area contributed by atoms with Crippen LogP contribution in [0.4, 0.5) is 4.39 Å². The standard InChI is InChI=1S/C13H15FO3/c1-13(2,3)17-12(15)11-10(16-11)8-5-4-6-9(14)7-8/h4-7,10-11H,1-3H3/t10-,11+/m1/s1. The summed E-state index contributed by atoms with van der Waals surface area (Å²) in [7, 11) is 0. The SMILES string of the molecule is CC(C)(C)OC(=O)[C@H]1O[C@@H]1c1cccc(F)c1. The highest BCUT2D eigenvalue weighted by atomic mass is 19.1. The van der Waals surface area contributed by atoms with Crippen LogP contribution in [0.1, 0.15) is 32.4 Å². The first-order valence-electron chi connectivity index (χ1n) is 5.50. The third kappa shape index (κ3) is 3.03. The van der Waals surface area contributed by atoms with Gasteiger partial charge in [0.2, 0.25) is 0 Å². The Balaban J connectivity index is 1.99. The lowest BCUT2D eigenvalue weighted by Crippen LogP contribution is -2.26. The summed E-state index contributed by atoms with van der Waals surface area (Å²) in [5.41, 5.74) is 0.135. The number of rotatable bonds is 2. The van der Waals surface area contributed by atoms with Gasteiger partial charge in [-0.3, -0.25) is 0 Å². The Bertz CT molecular complexity index is 437. The molecule has 1 heterocycles. The third-order valence-corrected chi connectivity index (χ3v) is 2.31. The van der Waals surface area contributed by atoms with Crippen molar-refractivity contribution < 1.29 is 18.7 Å². The van der Waals surface area contributed by atoms with E-state index in [1.807, 2.05) is 0 Å². The molecule has 0 spiro atoms. The Morgan fingerprint density at radius 2 is 2.12 bits per heavy atom. The quantitative estimate of drug-likeness (QED) is 0.587. The van der Waals surface area contributed by atoms with E-state index in [1.165, 1.54) is 12.1 Å². The molecule has 17 heavy (non-hydrogen) atoms. The summed E-state index contributed by atoms with van der Waals surface area (Å²) in [6.07, 6.45) is -0.975. The summed E-state index contributed by atoms with van der Waals surface area (Å²) in [5, 5.41) is 0. The van der Waals surface area contributed by atoms with E-state index < -0.39 is 17.7 Å². The van der Waals surface area contributed by atoms with E-state index in [1.54, 1.807) is 32.9 Å². The molecule has 92 valence electrons. The van der Waals surface area contributed by atoms with Gasteiger partial charge in [-0.2, -0.15) is 0 Å². The second kappa shape index (κ2) is 4.11. The number of hydrogen-bond acceptors (Lipinski definition) is 3. The van der Waals surface area contributed by atoms with Crippen LogP contribution in [0, 0.1) is 5.82 Å². The molecule has 1 aromatic carbocycles. The fourth-order valence-corrected chi connectivity index (χ4v) is 1.59. The highest BCUT2D eigenvalue weighted by Crippen LogP contribution is 2.40. The fourth-order valence-electron chi connectivity index (χ4n) is 1.59. The Kier molecular flexibility index (Phi) is 2.91. The van der Waals surface area contributed by atoms with Crippen molar-refractivity contribution in [3.8, 4) is 0 Å². The average molecular weight is 238 g/mol. The van der Waals surface area contributed by atoms with Crippen LogP contribution in [-0.4, -0.2) is 17.7 Å². The van der Waals surface area contributed by atoms with E-state index in [-0.39, 0.29) is 11.9 Å². The second-order valence-corrected chi connectivity index (χ2v) is 5.07. The molecule has 0 amide bonds. The lowest BCUT2D eigenvalue weighted by molar-refractivity contribution is -0.156. The van der Waals surface area contributed by atoms with Gasteiger partial charge in [-0.15, -0.1) is 0 Å². The van der Waals surface area contributed by atoms with Gasteiger partial charge in [-0.1, -0.05) is 12.1 Å². The van der Waals surface area contributed by atoms with Crippen LogP contribution in [-0.2, 0) is 14.3 Å². The molecule has 0 saturated carbocycles. The van der Waals surface area contributed by atoms with Gasteiger partial charge in [0.15, 0.2) is 6.10 Å². The molecule has 1 aromatic rings. The molecule has 0 unspecified atom stereocenters. The van der Waals surface area contributed by atoms with Gasteiger partial charge in [0.1, 0.15) is 17.5 Å². The highest BCUT2D eigenvalue weighted by Gasteiger charge is 2.48. The minimum absolute atomic E-state index is 0.332. The maximum atomic E-state index is 13.0. The Morgan fingerprint density at radius 1 is 1.41 bits per heavy atom. The molecular formula is C13H15FO3. The van der Waals surface area contributed by atoms with Crippen molar-refractivity contribution in [1.29, 1.82) is 0 Å². The monoisotopic (exact) mass is 238 g/mol. The predicted octanol–water partition coefficient (Wildman–Crippen LogP) is 2.61. The lowest BCUT2D eigenvalue weighted by Gasteiger charge is -2.18. The van der Waals surface area contributed by atoms with Gasteiger partial charge in [-0.05, 0) is 38.5 Å². The van der Waals surface area contributed by atoms with Crippen molar-refractivity contribution in [3.05, 3.63) is 35.6 Å². The van der Waals surface area contributed by atoms with Gasteiger partial charge in [-0.25, -0.2) is 9.18 Å². The van der Waals surface area contributed by atoms with E-state index in [9.17, 15) is 9.18 Å². The van der Waals surface area contributed by atoms with Gasteiger partial charge < -0.3 is 9.47 Å². The van der Waals surface area contributed by atoms with Crippen LogP contribution in [0.15, 0.2) is 24.3 Å². The van der Waals surface area contributed by atoms with Crippen LogP contribution in [0.3, 0.4) is 0 Å². The van der Waals surface area contributed by atoms with E-state index in [0.29, 0.717) is 5.56 Å². The average Bonchev–Trinajstić information content (AvgIpc) is 2.94. The first-order chi connectivity index (χ1) is 7.87. The fraction of sp³-hybridized carbons (Fsp3) is 0.462. The molecule has 1 aliphatic heterocycles. The molecule has 0 bridgehead atoms. The van der Waals surface area contributed by atoms with Gasteiger partial charge >= 0.3 is 5.97 Å². The van der Waals surface area contributed by atoms with E-state index in [0.717, 1.165) is 0 Å². The zero-order valence-corrected chi connectivity index (χ0v) is 10.1. The van der Waals surface area contributed by atoms with Crippen LogP contribution in [0.5, 0.6) is 0 Å². The maximum Gasteiger partial charge on any atom is 0.338 e.